The predicted octanol–water partition coefficient (Wildman–Crippen LogP) is -0.942. The highest BCUT2D eigenvalue weighted by atomic mass is 31.2. The first-order valence-electron chi connectivity index (χ1n) is 2.97. The van der Waals surface area contributed by atoms with Crippen LogP contribution in [0.3, 0.4) is 0 Å². The van der Waals surface area contributed by atoms with Crippen molar-refractivity contribution in [3.8, 4) is 0 Å². The Labute approximate surface area is 64.3 Å². The molecule has 11 heavy (non-hydrogen) atoms. The Kier molecular flexibility index (Phi) is 3.63. The smallest absolute Gasteiger partial charge is 0.378 e. The SMILES string of the molecule is CC(O)N(C(C)O)P(=O)(O)O. The molecule has 0 aromatic rings. The molecule has 0 aromatic carbocycles. The molecule has 0 amide bonds. The van der Waals surface area contributed by atoms with Crippen LogP contribution in [-0.2, 0) is 4.57 Å². The molecule has 0 radical (unpaired) electrons. The summed E-state index contributed by atoms with van der Waals surface area (Å²) in [5.74, 6) is 0. The maximum absolute atomic E-state index is 10.5. The van der Waals surface area contributed by atoms with E-state index < -0.39 is 20.2 Å². The van der Waals surface area contributed by atoms with Crippen molar-refractivity contribution in [2.75, 3.05) is 0 Å². The van der Waals surface area contributed by atoms with Gasteiger partial charge in [0.1, 0.15) is 12.5 Å². The molecule has 0 heterocycles. The lowest BCUT2D eigenvalue weighted by atomic mass is 10.6. The number of hydrogen-bond donors (Lipinski definition) is 4. The van der Waals surface area contributed by atoms with Gasteiger partial charge in [0.05, 0.1) is 0 Å². The standard InChI is InChI=1S/C4H12NO5P/c1-3(6)5(4(2)7)11(8,9)10/h3-4,6-7H,1-2H3,(H2,8,9,10). The Morgan fingerprint density at radius 3 is 1.45 bits per heavy atom. The molecular formula is C4H12NO5P. The lowest BCUT2D eigenvalue weighted by molar-refractivity contribution is -0.0407. The largest absolute Gasteiger partial charge is 0.407 e. The Morgan fingerprint density at radius 1 is 1.18 bits per heavy atom. The maximum atomic E-state index is 10.5. The van der Waals surface area contributed by atoms with Gasteiger partial charge in [-0.25, -0.2) is 4.57 Å². The average molecular weight is 185 g/mol. The number of hydrogen-bond acceptors (Lipinski definition) is 3. The fourth-order valence-electron chi connectivity index (χ4n) is 0.748. The zero-order chi connectivity index (χ0) is 9.23. The van der Waals surface area contributed by atoms with E-state index in [2.05, 4.69) is 0 Å². The van der Waals surface area contributed by atoms with Gasteiger partial charge in [-0.1, -0.05) is 0 Å². The van der Waals surface area contributed by atoms with Crippen LogP contribution < -0.4 is 0 Å². The molecule has 2 unspecified atom stereocenters. The summed E-state index contributed by atoms with van der Waals surface area (Å²) < 4.78 is 10.8. The van der Waals surface area contributed by atoms with Crippen molar-refractivity contribution in [3.05, 3.63) is 0 Å². The second-order valence-electron chi connectivity index (χ2n) is 2.16. The van der Waals surface area contributed by atoms with E-state index in [0.717, 1.165) is 13.8 Å². The van der Waals surface area contributed by atoms with Crippen LogP contribution in [0.1, 0.15) is 13.8 Å². The van der Waals surface area contributed by atoms with Gasteiger partial charge in [-0.15, -0.1) is 0 Å². The Hall–Kier alpha value is 0.0300. The van der Waals surface area contributed by atoms with E-state index >= 15 is 0 Å². The van der Waals surface area contributed by atoms with Crippen molar-refractivity contribution in [1.82, 2.24) is 4.67 Å². The van der Waals surface area contributed by atoms with Crippen molar-refractivity contribution < 1.29 is 24.6 Å². The minimum atomic E-state index is -4.55. The molecule has 0 aromatic heterocycles. The third-order valence-corrected chi connectivity index (χ3v) is 2.34. The summed E-state index contributed by atoms with van der Waals surface area (Å²) in [4.78, 5) is 17.1. The Bertz CT molecular complexity index is 156. The first-order valence-corrected chi connectivity index (χ1v) is 4.54. The van der Waals surface area contributed by atoms with Gasteiger partial charge in [0, 0.05) is 0 Å². The van der Waals surface area contributed by atoms with Crippen LogP contribution in [0.4, 0.5) is 0 Å². The highest BCUT2D eigenvalue weighted by Gasteiger charge is 2.32. The quantitative estimate of drug-likeness (QED) is 0.334. The summed E-state index contributed by atoms with van der Waals surface area (Å²) in [7, 11) is -4.55. The van der Waals surface area contributed by atoms with Crippen molar-refractivity contribution in [2.24, 2.45) is 0 Å². The molecule has 0 aliphatic rings. The van der Waals surface area contributed by atoms with Gasteiger partial charge in [0.2, 0.25) is 0 Å². The fourth-order valence-corrected chi connectivity index (χ4v) is 1.62. The number of aliphatic hydroxyl groups is 2. The van der Waals surface area contributed by atoms with E-state index in [9.17, 15) is 4.57 Å². The second kappa shape index (κ2) is 3.62. The lowest BCUT2D eigenvalue weighted by Crippen LogP contribution is -2.37. The fraction of sp³-hybridized carbons (Fsp3) is 1.00. The second-order valence-corrected chi connectivity index (χ2v) is 3.65. The third kappa shape index (κ3) is 3.29. The highest BCUT2D eigenvalue weighted by molar-refractivity contribution is 7.49. The van der Waals surface area contributed by atoms with Crippen LogP contribution in [0.15, 0.2) is 0 Å². The van der Waals surface area contributed by atoms with Crippen molar-refractivity contribution >= 4 is 7.75 Å². The molecule has 0 fully saturated rings. The van der Waals surface area contributed by atoms with E-state index in [4.69, 9.17) is 20.0 Å². The molecule has 6 nitrogen and oxygen atoms in total. The first-order chi connectivity index (χ1) is 4.76. The van der Waals surface area contributed by atoms with Crippen molar-refractivity contribution in [2.45, 2.75) is 26.3 Å². The summed E-state index contributed by atoms with van der Waals surface area (Å²) >= 11 is 0. The van der Waals surface area contributed by atoms with Crippen LogP contribution in [-0.4, -0.2) is 37.1 Å². The summed E-state index contributed by atoms with van der Waals surface area (Å²) in [6.07, 6.45) is -2.76. The normalized spacial score (nSPS) is 18.5. The average Bonchev–Trinajstić information content (AvgIpc) is 1.54. The molecule has 0 aliphatic carbocycles. The number of nitrogens with zero attached hydrogens (tertiary/aromatic N) is 1. The zero-order valence-electron chi connectivity index (χ0n) is 6.25. The van der Waals surface area contributed by atoms with Crippen LogP contribution in [0.2, 0.25) is 0 Å². The molecule has 0 bridgehead atoms. The minimum absolute atomic E-state index is 0.299. The Morgan fingerprint density at radius 2 is 1.45 bits per heavy atom. The van der Waals surface area contributed by atoms with Gasteiger partial charge in [-0.05, 0) is 13.8 Å². The molecule has 2 atom stereocenters. The molecule has 4 N–H and O–H groups in total. The van der Waals surface area contributed by atoms with E-state index in [1.807, 2.05) is 0 Å². The molecule has 0 saturated carbocycles. The van der Waals surface area contributed by atoms with Gasteiger partial charge >= 0.3 is 7.75 Å². The summed E-state index contributed by atoms with van der Waals surface area (Å²) in [6, 6.07) is 0. The topological polar surface area (TPSA) is 101 Å². The Balaban J connectivity index is 4.49. The molecule has 68 valence electrons. The van der Waals surface area contributed by atoms with Gasteiger partial charge in [-0.3, -0.25) is 0 Å². The summed E-state index contributed by atoms with van der Waals surface area (Å²) in [6.45, 7) is 2.32. The molecular weight excluding hydrogens is 173 g/mol. The summed E-state index contributed by atoms with van der Waals surface area (Å²) in [5, 5.41) is 17.6. The van der Waals surface area contributed by atoms with Crippen LogP contribution in [0, 0.1) is 0 Å². The van der Waals surface area contributed by atoms with Gasteiger partial charge in [0.15, 0.2) is 0 Å². The van der Waals surface area contributed by atoms with Gasteiger partial charge in [-0.2, -0.15) is 4.67 Å². The maximum Gasteiger partial charge on any atom is 0.407 e. The van der Waals surface area contributed by atoms with Crippen LogP contribution in [0.5, 0.6) is 0 Å². The molecule has 0 saturated heterocycles. The van der Waals surface area contributed by atoms with E-state index in [-0.39, 0.29) is 0 Å². The molecule has 7 heteroatoms. The van der Waals surface area contributed by atoms with Gasteiger partial charge < -0.3 is 20.0 Å². The lowest BCUT2D eigenvalue weighted by Gasteiger charge is -2.27. The zero-order valence-corrected chi connectivity index (χ0v) is 7.14. The van der Waals surface area contributed by atoms with Crippen molar-refractivity contribution in [1.29, 1.82) is 0 Å². The van der Waals surface area contributed by atoms with Crippen molar-refractivity contribution in [3.63, 3.8) is 0 Å². The molecule has 0 rings (SSSR count). The monoisotopic (exact) mass is 185 g/mol. The van der Waals surface area contributed by atoms with Gasteiger partial charge in [0.25, 0.3) is 0 Å². The van der Waals surface area contributed by atoms with E-state index in [1.165, 1.54) is 0 Å². The van der Waals surface area contributed by atoms with Crippen LogP contribution >= 0.6 is 7.75 Å². The number of rotatable bonds is 3. The minimum Gasteiger partial charge on any atom is -0.378 e. The third-order valence-electron chi connectivity index (χ3n) is 1.07. The highest BCUT2D eigenvalue weighted by Crippen LogP contribution is 2.42. The van der Waals surface area contributed by atoms with E-state index in [1.54, 1.807) is 0 Å². The molecule has 0 aliphatic heterocycles. The molecule has 0 spiro atoms. The van der Waals surface area contributed by atoms with Crippen LogP contribution in [0.25, 0.3) is 0 Å². The predicted molar refractivity (Wildman–Crippen MR) is 37.2 cm³/mol. The number of aliphatic hydroxyl groups excluding tert-OH is 2. The first kappa shape index (κ1) is 11.0. The van der Waals surface area contributed by atoms with E-state index in [0.29, 0.717) is 4.67 Å². The summed E-state index contributed by atoms with van der Waals surface area (Å²) in [5.41, 5.74) is 0.